The Labute approximate surface area is 107 Å². The van der Waals surface area contributed by atoms with E-state index in [1.54, 1.807) is 0 Å². The number of carbonyl (C=O) groups is 2. The van der Waals surface area contributed by atoms with Crippen molar-refractivity contribution >= 4 is 49.5 Å². The van der Waals surface area contributed by atoms with Crippen molar-refractivity contribution < 1.29 is 15.7 Å². The molecule has 0 aliphatic heterocycles. The van der Waals surface area contributed by atoms with Crippen molar-refractivity contribution in [3.8, 4) is 0 Å². The zero-order valence-electron chi connectivity index (χ0n) is 11.0. The quantitative estimate of drug-likeness (QED) is 0.613. The molecule has 0 aliphatic rings. The average molecular weight is 444 g/mol. The topological polar surface area (TPSA) is 52.6 Å². The summed E-state index contributed by atoms with van der Waals surface area (Å²) in [7, 11) is 0. The Kier molecular flexibility index (Phi) is 6.68. The van der Waals surface area contributed by atoms with Crippen LogP contribution in [0.2, 0.25) is 29.6 Å². The van der Waals surface area contributed by atoms with E-state index in [2.05, 4.69) is 0 Å². The van der Waals surface area contributed by atoms with Crippen LogP contribution < -0.4 is 0 Å². The molecule has 94 valence electrons. The summed E-state index contributed by atoms with van der Waals surface area (Å²) in [6.45, 7) is 0. The summed E-state index contributed by atoms with van der Waals surface area (Å²) in [5.41, 5.74) is 0. The fourth-order valence-electron chi connectivity index (χ4n) is 0.989. The predicted octanol–water partition coefficient (Wildman–Crippen LogP) is 2.52. The monoisotopic (exact) mass is 446 g/mol. The van der Waals surface area contributed by atoms with E-state index in [1.807, 2.05) is 29.6 Å². The molecule has 0 heterocycles. The second kappa shape index (κ2) is 6.46. The molecule has 16 heavy (non-hydrogen) atoms. The summed E-state index contributed by atoms with van der Waals surface area (Å²) in [6.07, 6.45) is 0.296. The van der Waals surface area contributed by atoms with E-state index in [-0.39, 0.29) is 24.8 Å². The second-order valence-corrected chi connectivity index (χ2v) is 31.0. The number of carbonyl (C=O) groups excluding carboxylic acids is 2. The fraction of sp³-hybridized carbons (Fsp3) is 0.800. The molecule has 0 saturated carbocycles. The van der Waals surface area contributed by atoms with Gasteiger partial charge in [0, 0.05) is 0 Å². The standard InChI is InChI=1S/C4H6O4.6CH3.2Sn/c5-3(6)1-2-4(7)8;;;;;;;;/h1-2H2,(H,5,6)(H,7,8);6*1H3;;/q;;;;;;;2*+1/p-2. The first-order valence-corrected chi connectivity index (χ1v) is 24.9. The third-order valence-electron chi connectivity index (χ3n) is 1.37. The zero-order valence-corrected chi connectivity index (χ0v) is 16.8. The van der Waals surface area contributed by atoms with E-state index in [9.17, 15) is 9.59 Å². The van der Waals surface area contributed by atoms with Crippen LogP contribution in [-0.2, 0) is 15.7 Å². The van der Waals surface area contributed by atoms with Crippen molar-refractivity contribution in [1.29, 1.82) is 0 Å². The minimum absolute atomic E-state index is 0.148. The van der Waals surface area contributed by atoms with Crippen LogP contribution in [0, 0.1) is 0 Å². The van der Waals surface area contributed by atoms with Crippen LogP contribution in [0.1, 0.15) is 12.8 Å². The van der Waals surface area contributed by atoms with Gasteiger partial charge in [0.25, 0.3) is 0 Å². The van der Waals surface area contributed by atoms with Gasteiger partial charge in [-0.25, -0.2) is 0 Å². The zero-order chi connectivity index (χ0) is 13.0. The number of rotatable bonds is 5. The molecule has 0 saturated heterocycles. The van der Waals surface area contributed by atoms with Gasteiger partial charge in [-0.2, -0.15) is 0 Å². The summed E-state index contributed by atoms with van der Waals surface area (Å²) >= 11 is -5.02. The second-order valence-electron chi connectivity index (χ2n) is 5.67. The van der Waals surface area contributed by atoms with Crippen molar-refractivity contribution in [3.63, 3.8) is 0 Å². The first-order chi connectivity index (χ1) is 6.99. The first-order valence-electron chi connectivity index (χ1n) is 5.43. The average Bonchev–Trinajstić information content (AvgIpc) is 1.94. The van der Waals surface area contributed by atoms with Gasteiger partial charge in [-0.1, -0.05) is 0 Å². The molecule has 0 fully saturated rings. The van der Waals surface area contributed by atoms with Gasteiger partial charge in [-0.15, -0.1) is 0 Å². The number of hydrogen-bond donors (Lipinski definition) is 0. The minimum atomic E-state index is -2.51. The van der Waals surface area contributed by atoms with Crippen LogP contribution in [0.3, 0.4) is 0 Å². The Balaban J connectivity index is 3.90. The van der Waals surface area contributed by atoms with Gasteiger partial charge in [0.15, 0.2) is 0 Å². The summed E-state index contributed by atoms with van der Waals surface area (Å²) in [5, 5.41) is 0. The van der Waals surface area contributed by atoms with E-state index in [4.69, 9.17) is 6.15 Å². The maximum absolute atomic E-state index is 11.4. The van der Waals surface area contributed by atoms with Crippen molar-refractivity contribution in [2.75, 3.05) is 0 Å². The molecule has 0 unspecified atom stereocenters. The number of hydrogen-bond acceptors (Lipinski definition) is 4. The van der Waals surface area contributed by atoms with E-state index >= 15 is 0 Å². The van der Waals surface area contributed by atoms with Crippen LogP contribution in [0.4, 0.5) is 0 Å². The molecule has 0 spiro atoms. The molecular formula is C10H22O4Sn2. The Morgan fingerprint density at radius 1 is 0.750 bits per heavy atom. The Morgan fingerprint density at radius 3 is 1.19 bits per heavy atom. The van der Waals surface area contributed by atoms with Crippen LogP contribution in [0.5, 0.6) is 0 Å². The molecule has 0 amide bonds. The van der Waals surface area contributed by atoms with Gasteiger partial charge in [0.05, 0.1) is 0 Å². The molecule has 0 rings (SSSR count). The Hall–Kier alpha value is 0.537. The molecule has 0 bridgehead atoms. The maximum atomic E-state index is 11.4. The molecule has 4 nitrogen and oxygen atoms in total. The molecule has 0 aromatic carbocycles. The molecule has 0 radical (unpaired) electrons. The van der Waals surface area contributed by atoms with Gasteiger partial charge < -0.3 is 0 Å². The third kappa shape index (κ3) is 11.0. The van der Waals surface area contributed by atoms with Gasteiger partial charge in [0.2, 0.25) is 0 Å². The molecule has 6 heteroatoms. The SMILES string of the molecule is [CH3][Sn]([CH3])([CH3])[O]C(=O)CCC(=O)[O][Sn]([CH3])([CH3])[CH3]. The van der Waals surface area contributed by atoms with Crippen molar-refractivity contribution in [2.24, 2.45) is 0 Å². The van der Waals surface area contributed by atoms with Gasteiger partial charge in [-0.3, -0.25) is 0 Å². The van der Waals surface area contributed by atoms with Crippen LogP contribution >= 0.6 is 0 Å². The summed E-state index contributed by atoms with van der Waals surface area (Å²) in [6, 6.07) is 0. The summed E-state index contributed by atoms with van der Waals surface area (Å²) in [5.74, 6) is -0.520. The molecule has 0 atom stereocenters. The molecule has 0 aliphatic carbocycles. The normalized spacial score (nSPS) is 12.1. The van der Waals surface area contributed by atoms with E-state index in [0.717, 1.165) is 0 Å². The first kappa shape index (κ1) is 16.5. The van der Waals surface area contributed by atoms with Crippen LogP contribution in [0.15, 0.2) is 0 Å². The molecular weight excluding hydrogens is 422 g/mol. The van der Waals surface area contributed by atoms with Gasteiger partial charge in [0.1, 0.15) is 0 Å². The van der Waals surface area contributed by atoms with Crippen LogP contribution in [0.25, 0.3) is 0 Å². The Morgan fingerprint density at radius 2 is 1.00 bits per heavy atom. The van der Waals surface area contributed by atoms with Crippen molar-refractivity contribution in [3.05, 3.63) is 0 Å². The van der Waals surface area contributed by atoms with Crippen molar-refractivity contribution in [2.45, 2.75) is 42.5 Å². The Bertz CT molecular complexity index is 235. The van der Waals surface area contributed by atoms with Crippen LogP contribution in [-0.4, -0.2) is 49.5 Å². The van der Waals surface area contributed by atoms with Gasteiger partial charge in [-0.05, 0) is 0 Å². The van der Waals surface area contributed by atoms with E-state index < -0.39 is 37.6 Å². The molecule has 0 N–H and O–H groups in total. The molecule has 0 aromatic rings. The molecule has 0 aromatic heterocycles. The fourth-order valence-corrected chi connectivity index (χ4v) is 5.47. The third-order valence-corrected chi connectivity index (χ3v) is 6.17. The summed E-state index contributed by atoms with van der Waals surface area (Å²) in [4.78, 5) is 34.8. The predicted molar refractivity (Wildman–Crippen MR) is 68.1 cm³/mol. The summed E-state index contributed by atoms with van der Waals surface area (Å²) < 4.78 is 10.6. The van der Waals surface area contributed by atoms with Crippen molar-refractivity contribution in [1.82, 2.24) is 0 Å². The van der Waals surface area contributed by atoms with E-state index in [0.29, 0.717) is 0 Å². The van der Waals surface area contributed by atoms with Gasteiger partial charge >= 0.3 is 108 Å². The van der Waals surface area contributed by atoms with E-state index in [1.165, 1.54) is 0 Å².